The summed E-state index contributed by atoms with van der Waals surface area (Å²) < 4.78 is 1.08. The van der Waals surface area contributed by atoms with Gasteiger partial charge in [0.1, 0.15) is 12.2 Å². The molecule has 0 radical (unpaired) electrons. The number of benzene rings is 1. The van der Waals surface area contributed by atoms with E-state index >= 15 is 0 Å². The number of aryl methyl sites for hydroxylation is 2. The van der Waals surface area contributed by atoms with Crippen LogP contribution in [-0.2, 0) is 13.0 Å². The third-order valence-corrected chi connectivity index (χ3v) is 4.68. The van der Waals surface area contributed by atoms with E-state index in [9.17, 15) is 9.59 Å². The smallest absolute Gasteiger partial charge is 0.295 e. The van der Waals surface area contributed by atoms with Crippen molar-refractivity contribution in [3.63, 3.8) is 0 Å². The minimum absolute atomic E-state index is 0.00156. The van der Waals surface area contributed by atoms with Crippen LogP contribution in [0.3, 0.4) is 0 Å². The molecule has 0 aliphatic rings. The SMILES string of the molecule is CCc1ccc(COn2cccc(C(=O)Nc3nc(C)cs3)c2=O)cc1. The first-order chi connectivity index (χ1) is 12.6. The third-order valence-electron chi connectivity index (χ3n) is 3.80. The molecule has 1 amide bonds. The largest absolute Gasteiger partial charge is 0.406 e. The molecule has 7 heteroatoms. The van der Waals surface area contributed by atoms with Crippen LogP contribution in [0, 0.1) is 6.92 Å². The maximum atomic E-state index is 12.5. The number of hydrogen-bond acceptors (Lipinski definition) is 5. The maximum absolute atomic E-state index is 12.5. The number of aromatic nitrogens is 2. The Labute approximate surface area is 155 Å². The van der Waals surface area contributed by atoms with Gasteiger partial charge in [-0.05, 0) is 36.6 Å². The summed E-state index contributed by atoms with van der Waals surface area (Å²) in [5, 5.41) is 4.92. The molecule has 26 heavy (non-hydrogen) atoms. The summed E-state index contributed by atoms with van der Waals surface area (Å²) in [6.45, 7) is 4.16. The molecule has 2 aromatic heterocycles. The van der Waals surface area contributed by atoms with Gasteiger partial charge in [-0.3, -0.25) is 14.9 Å². The number of nitrogens with one attached hydrogen (secondary N) is 1. The van der Waals surface area contributed by atoms with Crippen molar-refractivity contribution in [2.75, 3.05) is 5.32 Å². The number of carbonyl (C=O) groups is 1. The van der Waals surface area contributed by atoms with Gasteiger partial charge >= 0.3 is 0 Å². The fourth-order valence-electron chi connectivity index (χ4n) is 2.34. The van der Waals surface area contributed by atoms with E-state index < -0.39 is 11.5 Å². The quantitative estimate of drug-likeness (QED) is 0.725. The van der Waals surface area contributed by atoms with Gasteiger partial charge in [0.15, 0.2) is 5.13 Å². The zero-order valence-corrected chi connectivity index (χ0v) is 15.4. The van der Waals surface area contributed by atoms with Gasteiger partial charge in [-0.2, -0.15) is 4.73 Å². The van der Waals surface area contributed by atoms with Crippen LogP contribution in [0.1, 0.15) is 34.1 Å². The minimum Gasteiger partial charge on any atom is -0.406 e. The molecule has 0 aliphatic carbocycles. The number of rotatable bonds is 6. The Hall–Kier alpha value is -2.93. The molecule has 0 fully saturated rings. The minimum atomic E-state index is -0.511. The molecule has 2 heterocycles. The van der Waals surface area contributed by atoms with Gasteiger partial charge in [-0.1, -0.05) is 31.2 Å². The number of carbonyl (C=O) groups excluding carboxylic acids is 1. The highest BCUT2D eigenvalue weighted by atomic mass is 32.1. The summed E-state index contributed by atoms with van der Waals surface area (Å²) in [5.74, 6) is -0.505. The highest BCUT2D eigenvalue weighted by Gasteiger charge is 2.14. The zero-order valence-electron chi connectivity index (χ0n) is 14.6. The molecule has 0 bridgehead atoms. The molecule has 3 aromatic rings. The highest BCUT2D eigenvalue weighted by Crippen LogP contribution is 2.15. The molecule has 134 valence electrons. The Morgan fingerprint density at radius 2 is 1.96 bits per heavy atom. The average Bonchev–Trinajstić information content (AvgIpc) is 3.06. The zero-order chi connectivity index (χ0) is 18.5. The normalized spacial score (nSPS) is 10.5. The maximum Gasteiger partial charge on any atom is 0.295 e. The molecular weight excluding hydrogens is 350 g/mol. The van der Waals surface area contributed by atoms with E-state index in [-0.39, 0.29) is 12.2 Å². The van der Waals surface area contributed by atoms with E-state index in [1.807, 2.05) is 36.6 Å². The second-order valence-corrected chi connectivity index (χ2v) is 6.60. The van der Waals surface area contributed by atoms with Crippen molar-refractivity contribution in [3.05, 3.63) is 80.7 Å². The lowest BCUT2D eigenvalue weighted by molar-refractivity contribution is 0.0863. The molecule has 0 aliphatic heterocycles. The summed E-state index contributed by atoms with van der Waals surface area (Å²) in [6, 6.07) is 11.1. The number of pyridine rings is 1. The summed E-state index contributed by atoms with van der Waals surface area (Å²) in [5.41, 5.74) is 2.49. The van der Waals surface area contributed by atoms with Crippen LogP contribution in [0.5, 0.6) is 0 Å². The summed E-state index contributed by atoms with van der Waals surface area (Å²) in [4.78, 5) is 34.5. The van der Waals surface area contributed by atoms with E-state index in [2.05, 4.69) is 17.2 Å². The van der Waals surface area contributed by atoms with Gasteiger partial charge in [-0.15, -0.1) is 11.3 Å². The van der Waals surface area contributed by atoms with Crippen molar-refractivity contribution in [1.82, 2.24) is 9.71 Å². The van der Waals surface area contributed by atoms with Crippen molar-refractivity contribution in [2.24, 2.45) is 0 Å². The Bertz CT molecular complexity index is 961. The number of nitrogens with zero attached hydrogens (tertiary/aromatic N) is 2. The van der Waals surface area contributed by atoms with Crippen LogP contribution in [-0.4, -0.2) is 15.6 Å². The van der Waals surface area contributed by atoms with Crippen molar-refractivity contribution in [1.29, 1.82) is 0 Å². The fraction of sp³-hybridized carbons (Fsp3) is 0.211. The lowest BCUT2D eigenvalue weighted by atomic mass is 10.1. The molecular formula is C19H19N3O3S. The Kier molecular flexibility index (Phi) is 5.48. The molecule has 1 N–H and O–H groups in total. The van der Waals surface area contributed by atoms with Gasteiger partial charge in [0.05, 0.1) is 5.69 Å². The summed E-state index contributed by atoms with van der Waals surface area (Å²) >= 11 is 1.31. The molecule has 0 saturated heterocycles. The average molecular weight is 369 g/mol. The van der Waals surface area contributed by atoms with Crippen LogP contribution < -0.4 is 15.7 Å². The predicted molar refractivity (Wildman–Crippen MR) is 102 cm³/mol. The molecule has 0 saturated carbocycles. The van der Waals surface area contributed by atoms with E-state index in [0.717, 1.165) is 22.4 Å². The lowest BCUT2D eigenvalue weighted by Crippen LogP contribution is -2.32. The van der Waals surface area contributed by atoms with Gasteiger partial charge < -0.3 is 4.84 Å². The molecule has 1 aromatic carbocycles. The summed E-state index contributed by atoms with van der Waals surface area (Å²) in [7, 11) is 0. The van der Waals surface area contributed by atoms with Gasteiger partial charge in [0.2, 0.25) is 0 Å². The van der Waals surface area contributed by atoms with E-state index in [0.29, 0.717) is 5.13 Å². The number of hydrogen-bond donors (Lipinski definition) is 1. The van der Waals surface area contributed by atoms with Crippen LogP contribution >= 0.6 is 11.3 Å². The third kappa shape index (κ3) is 4.18. The molecule has 0 spiro atoms. The molecule has 3 rings (SSSR count). The fourth-order valence-corrected chi connectivity index (χ4v) is 3.02. The number of amides is 1. The molecule has 0 atom stereocenters. The van der Waals surface area contributed by atoms with Gasteiger partial charge in [0, 0.05) is 11.6 Å². The van der Waals surface area contributed by atoms with Crippen molar-refractivity contribution < 1.29 is 9.63 Å². The number of anilines is 1. The Balaban J connectivity index is 1.71. The first kappa shape index (κ1) is 17.9. The van der Waals surface area contributed by atoms with Gasteiger partial charge in [0.25, 0.3) is 11.5 Å². The number of thiazole rings is 1. The lowest BCUT2D eigenvalue weighted by Gasteiger charge is -2.10. The van der Waals surface area contributed by atoms with Crippen LogP contribution in [0.2, 0.25) is 0 Å². The van der Waals surface area contributed by atoms with Gasteiger partial charge in [-0.25, -0.2) is 4.98 Å². The highest BCUT2D eigenvalue weighted by molar-refractivity contribution is 7.13. The first-order valence-corrected chi connectivity index (χ1v) is 9.11. The van der Waals surface area contributed by atoms with Crippen molar-refractivity contribution in [3.8, 4) is 0 Å². The Morgan fingerprint density at radius 3 is 2.62 bits per heavy atom. The van der Waals surface area contributed by atoms with Crippen LogP contribution in [0.4, 0.5) is 5.13 Å². The van der Waals surface area contributed by atoms with Crippen LogP contribution in [0.25, 0.3) is 0 Å². The monoisotopic (exact) mass is 369 g/mol. The summed E-state index contributed by atoms with van der Waals surface area (Å²) in [6.07, 6.45) is 2.46. The van der Waals surface area contributed by atoms with E-state index in [1.165, 1.54) is 29.2 Å². The van der Waals surface area contributed by atoms with Crippen molar-refractivity contribution >= 4 is 22.4 Å². The molecule has 0 unspecified atom stereocenters. The van der Waals surface area contributed by atoms with Crippen molar-refractivity contribution in [2.45, 2.75) is 26.9 Å². The van der Waals surface area contributed by atoms with Crippen LogP contribution in [0.15, 0.2) is 52.8 Å². The first-order valence-electron chi connectivity index (χ1n) is 8.23. The molecule has 6 nitrogen and oxygen atoms in total. The second-order valence-electron chi connectivity index (χ2n) is 5.74. The Morgan fingerprint density at radius 1 is 1.23 bits per heavy atom. The van der Waals surface area contributed by atoms with E-state index in [1.54, 1.807) is 6.07 Å². The second kappa shape index (κ2) is 7.97. The predicted octanol–water partition coefficient (Wildman–Crippen LogP) is 3.06. The topological polar surface area (TPSA) is 73.2 Å². The van der Waals surface area contributed by atoms with E-state index in [4.69, 9.17) is 4.84 Å². The standard InChI is InChI=1S/C19H19N3O3S/c1-3-14-6-8-15(9-7-14)11-25-22-10-4-5-16(18(22)24)17(23)21-19-20-13(2)12-26-19/h4-10,12H,3,11H2,1-2H3,(H,20,21,23).